The van der Waals surface area contributed by atoms with Crippen molar-refractivity contribution >= 4 is 17.3 Å². The molecule has 0 spiro atoms. The summed E-state index contributed by atoms with van der Waals surface area (Å²) in [7, 11) is 1.36. The van der Waals surface area contributed by atoms with Crippen LogP contribution in [0.4, 0.5) is 10.1 Å². The van der Waals surface area contributed by atoms with Crippen LogP contribution in [0.15, 0.2) is 35.3 Å². The quantitative estimate of drug-likeness (QED) is 0.628. The topological polar surface area (TPSA) is 65.1 Å². The second-order valence-corrected chi connectivity index (χ2v) is 4.35. The highest BCUT2D eigenvalue weighted by Crippen LogP contribution is 2.25. The number of aryl methyl sites for hydroxylation is 1. The van der Waals surface area contributed by atoms with Gasteiger partial charge in [0, 0.05) is 23.7 Å². The number of hydrogen-bond acceptors (Lipinski definition) is 3. The first-order chi connectivity index (χ1) is 8.90. The van der Waals surface area contributed by atoms with E-state index in [1.54, 1.807) is 0 Å². The highest BCUT2D eigenvalue weighted by molar-refractivity contribution is 6.30. The number of rotatable bonds is 2. The van der Waals surface area contributed by atoms with Crippen LogP contribution in [0, 0.1) is 15.9 Å². The van der Waals surface area contributed by atoms with E-state index in [0.717, 1.165) is 22.9 Å². The predicted octanol–water partition coefficient (Wildman–Crippen LogP) is 2.75. The molecule has 19 heavy (non-hydrogen) atoms. The summed E-state index contributed by atoms with van der Waals surface area (Å²) in [4.78, 5) is 22.1. The summed E-state index contributed by atoms with van der Waals surface area (Å²) in [5.74, 6) is -0.665. The van der Waals surface area contributed by atoms with Crippen molar-refractivity contribution in [2.24, 2.45) is 7.05 Å². The van der Waals surface area contributed by atoms with E-state index < -0.39 is 16.3 Å². The SMILES string of the molecule is Cn1cc([N+](=O)[O-])cc(-c2cc(Cl)ccc2F)c1=O. The maximum atomic E-state index is 13.7. The molecule has 0 N–H and O–H groups in total. The van der Waals surface area contributed by atoms with Gasteiger partial charge in [0.15, 0.2) is 0 Å². The second-order valence-electron chi connectivity index (χ2n) is 3.91. The Morgan fingerprint density at radius 1 is 1.32 bits per heavy atom. The van der Waals surface area contributed by atoms with Crippen LogP contribution < -0.4 is 5.56 Å². The van der Waals surface area contributed by atoms with Crippen LogP contribution in [-0.2, 0) is 7.05 Å². The molecule has 0 radical (unpaired) electrons. The van der Waals surface area contributed by atoms with Crippen molar-refractivity contribution < 1.29 is 9.31 Å². The molecule has 0 fully saturated rings. The highest BCUT2D eigenvalue weighted by atomic mass is 35.5. The van der Waals surface area contributed by atoms with E-state index >= 15 is 0 Å². The van der Waals surface area contributed by atoms with Crippen LogP contribution in [0.2, 0.25) is 5.02 Å². The zero-order valence-electron chi connectivity index (χ0n) is 9.76. The van der Waals surface area contributed by atoms with E-state index in [9.17, 15) is 19.3 Å². The van der Waals surface area contributed by atoms with Gasteiger partial charge in [0.05, 0.1) is 16.7 Å². The standard InChI is InChI=1S/C12H8ClFN2O3/c1-15-6-8(16(18)19)5-10(12(15)17)9-4-7(13)2-3-11(9)14/h2-6H,1H3. The lowest BCUT2D eigenvalue weighted by Gasteiger charge is -2.06. The molecule has 98 valence electrons. The summed E-state index contributed by atoms with van der Waals surface area (Å²) >= 11 is 5.75. The fraction of sp³-hybridized carbons (Fsp3) is 0.0833. The van der Waals surface area contributed by atoms with Gasteiger partial charge in [-0.2, -0.15) is 0 Å². The number of pyridine rings is 1. The van der Waals surface area contributed by atoms with Gasteiger partial charge in [-0.15, -0.1) is 0 Å². The smallest absolute Gasteiger partial charge is 0.286 e. The normalized spacial score (nSPS) is 10.5. The molecule has 0 unspecified atom stereocenters. The second kappa shape index (κ2) is 4.81. The van der Waals surface area contributed by atoms with E-state index in [0.29, 0.717) is 0 Å². The Bertz CT molecular complexity index is 727. The maximum absolute atomic E-state index is 13.7. The number of nitrogens with zero attached hydrogens (tertiary/aromatic N) is 2. The minimum atomic E-state index is -0.665. The number of halogens is 2. The molecule has 0 aliphatic carbocycles. The summed E-state index contributed by atoms with van der Waals surface area (Å²) in [6.45, 7) is 0. The molecule has 2 rings (SSSR count). The first-order valence-corrected chi connectivity index (χ1v) is 5.58. The van der Waals surface area contributed by atoms with E-state index in [2.05, 4.69) is 0 Å². The maximum Gasteiger partial charge on any atom is 0.286 e. The Hall–Kier alpha value is -2.21. The summed E-state index contributed by atoms with van der Waals surface area (Å²) in [5, 5.41) is 11.0. The Kier molecular flexibility index (Phi) is 3.35. The lowest BCUT2D eigenvalue weighted by molar-refractivity contribution is -0.385. The third-order valence-corrected chi connectivity index (χ3v) is 2.83. The summed E-state index contributed by atoms with van der Waals surface area (Å²) in [6.07, 6.45) is 1.08. The number of nitro groups is 1. The summed E-state index contributed by atoms with van der Waals surface area (Å²) in [6, 6.07) is 4.74. The largest absolute Gasteiger partial charge is 0.311 e. The van der Waals surface area contributed by atoms with E-state index in [1.807, 2.05) is 0 Å². The van der Waals surface area contributed by atoms with Gasteiger partial charge in [0.1, 0.15) is 5.82 Å². The molecule has 0 atom stereocenters. The van der Waals surface area contributed by atoms with Crippen molar-refractivity contribution in [2.75, 3.05) is 0 Å². The molecule has 2 aromatic rings. The van der Waals surface area contributed by atoms with Crippen molar-refractivity contribution in [2.45, 2.75) is 0 Å². The Labute approximate surface area is 112 Å². The van der Waals surface area contributed by atoms with Gasteiger partial charge in [-0.05, 0) is 18.2 Å². The summed E-state index contributed by atoms with van der Waals surface area (Å²) in [5.41, 5.74) is -0.989. The zero-order valence-corrected chi connectivity index (χ0v) is 10.5. The van der Waals surface area contributed by atoms with Crippen LogP contribution in [0.1, 0.15) is 0 Å². The lowest BCUT2D eigenvalue weighted by Crippen LogP contribution is -2.19. The van der Waals surface area contributed by atoms with Crippen LogP contribution in [0.3, 0.4) is 0 Å². The Morgan fingerprint density at radius 3 is 2.63 bits per heavy atom. The monoisotopic (exact) mass is 282 g/mol. The molecule has 0 bridgehead atoms. The van der Waals surface area contributed by atoms with Crippen molar-refractivity contribution in [1.29, 1.82) is 0 Å². The van der Waals surface area contributed by atoms with Crippen molar-refractivity contribution in [3.8, 4) is 11.1 Å². The molecule has 1 aromatic carbocycles. The summed E-state index contributed by atoms with van der Waals surface area (Å²) < 4.78 is 14.8. The van der Waals surface area contributed by atoms with Gasteiger partial charge in [-0.25, -0.2) is 4.39 Å². The van der Waals surface area contributed by atoms with Crippen molar-refractivity contribution in [1.82, 2.24) is 4.57 Å². The molecule has 1 aromatic heterocycles. The average Bonchev–Trinajstić information content (AvgIpc) is 2.35. The van der Waals surface area contributed by atoms with Gasteiger partial charge in [0.2, 0.25) is 0 Å². The fourth-order valence-electron chi connectivity index (χ4n) is 1.69. The number of benzene rings is 1. The fourth-order valence-corrected chi connectivity index (χ4v) is 1.86. The molecule has 7 heteroatoms. The third kappa shape index (κ3) is 2.48. The number of hydrogen-bond donors (Lipinski definition) is 0. The molecule has 0 saturated carbocycles. The molecule has 0 aliphatic rings. The zero-order chi connectivity index (χ0) is 14.2. The van der Waals surface area contributed by atoms with Gasteiger partial charge >= 0.3 is 0 Å². The van der Waals surface area contributed by atoms with Crippen LogP contribution in [0.5, 0.6) is 0 Å². The lowest BCUT2D eigenvalue weighted by atomic mass is 10.1. The van der Waals surface area contributed by atoms with Gasteiger partial charge in [-0.3, -0.25) is 14.9 Å². The first-order valence-electron chi connectivity index (χ1n) is 5.20. The van der Waals surface area contributed by atoms with Gasteiger partial charge in [-0.1, -0.05) is 11.6 Å². The Morgan fingerprint density at radius 2 is 2.00 bits per heavy atom. The van der Waals surface area contributed by atoms with E-state index in [1.165, 1.54) is 19.2 Å². The molecule has 1 heterocycles. The molecule has 0 aliphatic heterocycles. The molecule has 0 amide bonds. The van der Waals surface area contributed by atoms with E-state index in [-0.39, 0.29) is 21.8 Å². The molecular weight excluding hydrogens is 275 g/mol. The van der Waals surface area contributed by atoms with Crippen LogP contribution >= 0.6 is 11.6 Å². The predicted molar refractivity (Wildman–Crippen MR) is 68.7 cm³/mol. The Balaban J connectivity index is 2.78. The van der Waals surface area contributed by atoms with Crippen LogP contribution in [-0.4, -0.2) is 9.49 Å². The minimum absolute atomic E-state index is 0.0585. The molecule has 0 saturated heterocycles. The molecular formula is C12H8ClFN2O3. The molecule has 5 nitrogen and oxygen atoms in total. The van der Waals surface area contributed by atoms with Crippen molar-refractivity contribution in [3.63, 3.8) is 0 Å². The number of aromatic nitrogens is 1. The minimum Gasteiger partial charge on any atom is -0.311 e. The highest BCUT2D eigenvalue weighted by Gasteiger charge is 2.16. The van der Waals surface area contributed by atoms with E-state index in [4.69, 9.17) is 11.6 Å². The third-order valence-electron chi connectivity index (χ3n) is 2.60. The average molecular weight is 283 g/mol. The van der Waals surface area contributed by atoms with Crippen LogP contribution in [0.25, 0.3) is 11.1 Å². The van der Waals surface area contributed by atoms with Gasteiger partial charge < -0.3 is 4.57 Å². The van der Waals surface area contributed by atoms with Gasteiger partial charge in [0.25, 0.3) is 11.2 Å². The van der Waals surface area contributed by atoms with Crippen molar-refractivity contribution in [3.05, 3.63) is 61.8 Å². The first kappa shape index (κ1) is 13.2.